The molecule has 0 aromatic heterocycles. The number of nitriles is 1. The van der Waals surface area contributed by atoms with E-state index < -0.39 is 11.9 Å². The molecular formula is C10H13NO2S. The minimum Gasteiger partial charge on any atom is -0.465 e. The lowest BCUT2D eigenvalue weighted by Gasteiger charge is -2.15. The van der Waals surface area contributed by atoms with Crippen LogP contribution in [0.15, 0.2) is 11.0 Å². The van der Waals surface area contributed by atoms with Crippen molar-refractivity contribution in [3.63, 3.8) is 0 Å². The van der Waals surface area contributed by atoms with Gasteiger partial charge >= 0.3 is 5.97 Å². The monoisotopic (exact) mass is 211 g/mol. The first-order valence-electron chi connectivity index (χ1n) is 4.66. The van der Waals surface area contributed by atoms with Gasteiger partial charge in [-0.2, -0.15) is 5.26 Å². The van der Waals surface area contributed by atoms with E-state index in [-0.39, 0.29) is 0 Å². The van der Waals surface area contributed by atoms with Crippen LogP contribution in [0.3, 0.4) is 0 Å². The highest BCUT2D eigenvalue weighted by atomic mass is 32.2. The highest BCUT2D eigenvalue weighted by Crippen LogP contribution is 2.27. The largest absolute Gasteiger partial charge is 0.465 e. The number of hydrogen-bond acceptors (Lipinski definition) is 4. The first-order chi connectivity index (χ1) is 6.79. The molecular weight excluding hydrogens is 198 g/mol. The van der Waals surface area contributed by atoms with Crippen LogP contribution in [0.1, 0.15) is 19.8 Å². The lowest BCUT2D eigenvalue weighted by atomic mass is 9.98. The molecule has 0 spiro atoms. The van der Waals surface area contributed by atoms with Crippen molar-refractivity contribution in [2.45, 2.75) is 19.8 Å². The second-order valence-corrected chi connectivity index (χ2v) is 3.96. The molecule has 0 aromatic rings. The van der Waals surface area contributed by atoms with Crippen molar-refractivity contribution in [1.82, 2.24) is 0 Å². The standard InChI is InChI=1S/C10H13NO2S/c1-2-13-10(12)9(6-11)8-4-3-5-14-7-8/h7,9H,2-5H2,1H3. The highest BCUT2D eigenvalue weighted by Gasteiger charge is 2.24. The molecule has 0 N–H and O–H groups in total. The maximum Gasteiger partial charge on any atom is 0.327 e. The Bertz CT molecular complexity index is 280. The second kappa shape index (κ2) is 5.71. The van der Waals surface area contributed by atoms with Gasteiger partial charge in [0.25, 0.3) is 0 Å². The maximum absolute atomic E-state index is 11.4. The normalized spacial score (nSPS) is 17.9. The summed E-state index contributed by atoms with van der Waals surface area (Å²) in [4.78, 5) is 11.4. The number of carbonyl (C=O) groups is 1. The lowest BCUT2D eigenvalue weighted by Crippen LogP contribution is -2.19. The quantitative estimate of drug-likeness (QED) is 0.671. The molecule has 0 aromatic carbocycles. The zero-order chi connectivity index (χ0) is 10.4. The van der Waals surface area contributed by atoms with Crippen LogP contribution in [0.2, 0.25) is 0 Å². The van der Waals surface area contributed by atoms with E-state index in [0.717, 1.165) is 24.2 Å². The Balaban J connectivity index is 2.66. The van der Waals surface area contributed by atoms with Gasteiger partial charge < -0.3 is 4.74 Å². The number of carbonyl (C=O) groups excluding carboxylic acids is 1. The Kier molecular flexibility index (Phi) is 4.54. The van der Waals surface area contributed by atoms with E-state index in [4.69, 9.17) is 10.00 Å². The van der Waals surface area contributed by atoms with Crippen molar-refractivity contribution in [2.24, 2.45) is 5.92 Å². The van der Waals surface area contributed by atoms with Gasteiger partial charge in [-0.25, -0.2) is 0 Å². The van der Waals surface area contributed by atoms with Crippen LogP contribution < -0.4 is 0 Å². The molecule has 0 amide bonds. The summed E-state index contributed by atoms with van der Waals surface area (Å²) in [5.41, 5.74) is 0.905. The van der Waals surface area contributed by atoms with Gasteiger partial charge in [0.2, 0.25) is 0 Å². The van der Waals surface area contributed by atoms with E-state index in [1.54, 1.807) is 18.7 Å². The summed E-state index contributed by atoms with van der Waals surface area (Å²) in [7, 11) is 0. The third-order valence-electron chi connectivity index (χ3n) is 1.98. The van der Waals surface area contributed by atoms with E-state index in [2.05, 4.69) is 0 Å². The summed E-state index contributed by atoms with van der Waals surface area (Å²) < 4.78 is 4.84. The Morgan fingerprint density at radius 1 is 1.86 bits per heavy atom. The van der Waals surface area contributed by atoms with E-state index in [1.807, 2.05) is 11.5 Å². The summed E-state index contributed by atoms with van der Waals surface area (Å²) in [6, 6.07) is 2.00. The Hall–Kier alpha value is -0.950. The predicted octanol–water partition coefficient (Wildman–Crippen LogP) is 2.10. The minimum absolute atomic E-state index is 0.331. The van der Waals surface area contributed by atoms with Crippen LogP contribution in [0, 0.1) is 17.2 Å². The van der Waals surface area contributed by atoms with E-state index in [9.17, 15) is 4.79 Å². The third kappa shape index (κ3) is 2.78. The molecule has 4 heteroatoms. The topological polar surface area (TPSA) is 50.1 Å². The number of esters is 1. The van der Waals surface area contributed by atoms with Crippen LogP contribution in [0.5, 0.6) is 0 Å². The van der Waals surface area contributed by atoms with Crippen LogP contribution >= 0.6 is 11.8 Å². The van der Waals surface area contributed by atoms with E-state index >= 15 is 0 Å². The van der Waals surface area contributed by atoms with E-state index in [1.165, 1.54) is 0 Å². The van der Waals surface area contributed by atoms with Crippen LogP contribution in [-0.2, 0) is 9.53 Å². The fraction of sp³-hybridized carbons (Fsp3) is 0.600. The molecule has 1 aliphatic heterocycles. The van der Waals surface area contributed by atoms with Gasteiger partial charge in [-0.3, -0.25) is 4.79 Å². The average molecular weight is 211 g/mol. The zero-order valence-electron chi connectivity index (χ0n) is 8.16. The molecule has 1 unspecified atom stereocenters. The molecule has 14 heavy (non-hydrogen) atoms. The maximum atomic E-state index is 11.4. The highest BCUT2D eigenvalue weighted by molar-refractivity contribution is 8.02. The Morgan fingerprint density at radius 2 is 2.64 bits per heavy atom. The first-order valence-corrected chi connectivity index (χ1v) is 5.71. The predicted molar refractivity (Wildman–Crippen MR) is 55.5 cm³/mol. The zero-order valence-corrected chi connectivity index (χ0v) is 8.97. The van der Waals surface area contributed by atoms with Gasteiger partial charge in [-0.15, -0.1) is 11.8 Å². The molecule has 0 saturated heterocycles. The molecule has 76 valence electrons. The van der Waals surface area contributed by atoms with Gasteiger partial charge in [-0.05, 0) is 36.5 Å². The molecule has 0 saturated carbocycles. The van der Waals surface area contributed by atoms with Gasteiger partial charge in [0.1, 0.15) is 0 Å². The molecule has 1 rings (SSSR count). The second-order valence-electron chi connectivity index (χ2n) is 2.98. The Labute approximate surface area is 88.1 Å². The van der Waals surface area contributed by atoms with Crippen LogP contribution in [0.25, 0.3) is 0 Å². The van der Waals surface area contributed by atoms with Crippen molar-refractivity contribution < 1.29 is 9.53 Å². The SMILES string of the molecule is CCOC(=O)C(C#N)C1=CSCCC1. The lowest BCUT2D eigenvalue weighted by molar-refractivity contribution is -0.144. The first kappa shape index (κ1) is 11.1. The van der Waals surface area contributed by atoms with Gasteiger partial charge in [0.05, 0.1) is 12.7 Å². The number of rotatable bonds is 3. The molecule has 1 aliphatic rings. The van der Waals surface area contributed by atoms with Crippen molar-refractivity contribution in [2.75, 3.05) is 12.4 Å². The number of ether oxygens (including phenoxy) is 1. The molecule has 0 bridgehead atoms. The average Bonchev–Trinajstić information content (AvgIpc) is 2.21. The summed E-state index contributed by atoms with van der Waals surface area (Å²) in [5, 5.41) is 10.8. The Morgan fingerprint density at radius 3 is 3.14 bits per heavy atom. The van der Waals surface area contributed by atoms with Gasteiger partial charge in [-0.1, -0.05) is 0 Å². The van der Waals surface area contributed by atoms with Crippen molar-refractivity contribution in [3.05, 3.63) is 11.0 Å². The molecule has 3 nitrogen and oxygen atoms in total. The summed E-state index contributed by atoms with van der Waals surface area (Å²) in [6.07, 6.45) is 1.87. The van der Waals surface area contributed by atoms with Crippen molar-refractivity contribution in [3.8, 4) is 6.07 Å². The summed E-state index contributed by atoms with van der Waals surface area (Å²) in [5.74, 6) is -0.0312. The number of nitrogens with zero attached hydrogens (tertiary/aromatic N) is 1. The number of hydrogen-bond donors (Lipinski definition) is 0. The van der Waals surface area contributed by atoms with Crippen molar-refractivity contribution in [1.29, 1.82) is 5.26 Å². The molecule has 0 aliphatic carbocycles. The summed E-state index contributed by atoms with van der Waals surface area (Å²) in [6.45, 7) is 2.08. The third-order valence-corrected chi connectivity index (χ3v) is 2.98. The molecule has 0 radical (unpaired) electrons. The molecule has 1 atom stereocenters. The minimum atomic E-state index is -0.692. The number of thioether (sulfide) groups is 1. The van der Waals surface area contributed by atoms with Crippen molar-refractivity contribution >= 4 is 17.7 Å². The van der Waals surface area contributed by atoms with Gasteiger partial charge in [0, 0.05) is 0 Å². The summed E-state index contributed by atoms with van der Waals surface area (Å²) >= 11 is 1.66. The fourth-order valence-electron chi connectivity index (χ4n) is 1.31. The van der Waals surface area contributed by atoms with Crippen LogP contribution in [-0.4, -0.2) is 18.3 Å². The van der Waals surface area contributed by atoms with Crippen LogP contribution in [0.4, 0.5) is 0 Å². The fourth-order valence-corrected chi connectivity index (χ4v) is 2.21. The smallest absolute Gasteiger partial charge is 0.327 e. The van der Waals surface area contributed by atoms with E-state index in [0.29, 0.717) is 6.61 Å². The molecule has 0 fully saturated rings. The van der Waals surface area contributed by atoms with Gasteiger partial charge in [0.15, 0.2) is 5.92 Å². The molecule has 1 heterocycles.